The zero-order chi connectivity index (χ0) is 14.2. The van der Waals surface area contributed by atoms with E-state index < -0.39 is 23.6 Å². The third-order valence-corrected chi connectivity index (χ3v) is 2.79. The Hall–Kier alpha value is -1.95. The molecule has 0 amide bonds. The van der Waals surface area contributed by atoms with Crippen LogP contribution >= 0.6 is 0 Å². The van der Waals surface area contributed by atoms with Gasteiger partial charge in [-0.05, 0) is 26.0 Å². The fourth-order valence-corrected chi connectivity index (χ4v) is 1.77. The number of aryl methyl sites for hydroxylation is 2. The number of benzene rings is 1. The van der Waals surface area contributed by atoms with Gasteiger partial charge in [-0.15, -0.1) is 0 Å². The Labute approximate surface area is 107 Å². The first-order valence-electron chi connectivity index (χ1n) is 5.54. The third kappa shape index (κ3) is 2.44. The number of hydrogen-bond acceptors (Lipinski definition) is 3. The van der Waals surface area contributed by atoms with Crippen molar-refractivity contribution in [3.63, 3.8) is 0 Å². The van der Waals surface area contributed by atoms with Crippen molar-refractivity contribution in [1.82, 2.24) is 10.2 Å². The first-order chi connectivity index (χ1) is 8.91. The lowest BCUT2D eigenvalue weighted by molar-refractivity contribution is 0.211. The lowest BCUT2D eigenvalue weighted by Crippen LogP contribution is -2.09. The number of halogens is 3. The van der Waals surface area contributed by atoms with Crippen molar-refractivity contribution in [3.8, 4) is 0 Å². The number of nitrogens with zero attached hydrogens (tertiary/aromatic N) is 2. The molecule has 0 aliphatic rings. The van der Waals surface area contributed by atoms with Crippen molar-refractivity contribution in [3.05, 3.63) is 58.2 Å². The number of aliphatic hydroxyl groups excluding tert-OH is 1. The quantitative estimate of drug-likeness (QED) is 0.851. The van der Waals surface area contributed by atoms with Gasteiger partial charge in [-0.3, -0.25) is 0 Å². The Morgan fingerprint density at radius 3 is 2.37 bits per heavy atom. The highest BCUT2D eigenvalue weighted by Crippen LogP contribution is 2.28. The summed E-state index contributed by atoms with van der Waals surface area (Å²) in [5.74, 6) is -4.30. The Bertz CT molecular complexity index is 632. The van der Waals surface area contributed by atoms with E-state index in [1.807, 2.05) is 0 Å². The summed E-state index contributed by atoms with van der Waals surface area (Å²) in [7, 11) is 0. The van der Waals surface area contributed by atoms with E-state index in [-0.39, 0.29) is 5.56 Å². The van der Waals surface area contributed by atoms with Crippen molar-refractivity contribution in [2.75, 3.05) is 0 Å². The standard InChI is InChI=1S/C13H11F3N2O/c1-6-5-9(7(2)18-17-6)13(19)8-3-4-10(14)12(16)11(8)15/h3-5,13,19H,1-2H3. The highest BCUT2D eigenvalue weighted by Gasteiger charge is 2.22. The van der Waals surface area contributed by atoms with Crippen LogP contribution in [0.4, 0.5) is 13.2 Å². The molecule has 1 aromatic carbocycles. The average Bonchev–Trinajstić information content (AvgIpc) is 2.38. The maximum Gasteiger partial charge on any atom is 0.194 e. The monoisotopic (exact) mass is 268 g/mol. The van der Waals surface area contributed by atoms with Gasteiger partial charge < -0.3 is 5.11 Å². The molecule has 6 heteroatoms. The number of rotatable bonds is 2. The molecule has 1 unspecified atom stereocenters. The summed E-state index contributed by atoms with van der Waals surface area (Å²) >= 11 is 0. The molecule has 0 aliphatic heterocycles. The molecule has 0 saturated carbocycles. The number of aromatic nitrogens is 2. The van der Waals surface area contributed by atoms with Crippen LogP contribution in [0, 0.1) is 31.3 Å². The summed E-state index contributed by atoms with van der Waals surface area (Å²) < 4.78 is 39.6. The van der Waals surface area contributed by atoms with Crippen molar-refractivity contribution in [2.24, 2.45) is 0 Å². The summed E-state index contributed by atoms with van der Waals surface area (Å²) in [5.41, 5.74) is 0.886. The van der Waals surface area contributed by atoms with Gasteiger partial charge in [0.15, 0.2) is 17.5 Å². The summed E-state index contributed by atoms with van der Waals surface area (Å²) in [4.78, 5) is 0. The summed E-state index contributed by atoms with van der Waals surface area (Å²) in [6, 6.07) is 3.30. The van der Waals surface area contributed by atoms with Gasteiger partial charge in [0.05, 0.1) is 11.4 Å². The highest BCUT2D eigenvalue weighted by molar-refractivity contribution is 5.33. The van der Waals surface area contributed by atoms with Gasteiger partial charge in [0.25, 0.3) is 0 Å². The van der Waals surface area contributed by atoms with Crippen molar-refractivity contribution < 1.29 is 18.3 Å². The predicted octanol–water partition coefficient (Wildman–Crippen LogP) is 2.59. The maximum atomic E-state index is 13.6. The second kappa shape index (κ2) is 4.97. The smallest absolute Gasteiger partial charge is 0.194 e. The summed E-state index contributed by atoms with van der Waals surface area (Å²) in [6.07, 6.45) is -1.43. The van der Waals surface area contributed by atoms with E-state index in [0.29, 0.717) is 17.0 Å². The molecule has 0 aliphatic carbocycles. The fourth-order valence-electron chi connectivity index (χ4n) is 1.77. The van der Waals surface area contributed by atoms with E-state index in [4.69, 9.17) is 0 Å². The molecule has 100 valence electrons. The minimum Gasteiger partial charge on any atom is -0.383 e. The molecule has 3 nitrogen and oxygen atoms in total. The lowest BCUT2D eigenvalue weighted by atomic mass is 9.99. The van der Waals surface area contributed by atoms with Crippen LogP contribution in [0.3, 0.4) is 0 Å². The number of hydrogen-bond donors (Lipinski definition) is 1. The molecule has 0 bridgehead atoms. The van der Waals surface area contributed by atoms with E-state index in [1.165, 1.54) is 6.07 Å². The molecule has 2 aromatic rings. The molecule has 0 fully saturated rings. The Balaban J connectivity index is 2.53. The largest absolute Gasteiger partial charge is 0.383 e. The van der Waals surface area contributed by atoms with Gasteiger partial charge in [0, 0.05) is 11.1 Å². The molecule has 1 N–H and O–H groups in total. The van der Waals surface area contributed by atoms with Crippen LogP contribution in [0.2, 0.25) is 0 Å². The molecule has 0 radical (unpaired) electrons. The minimum atomic E-state index is -1.60. The molecular formula is C13H11F3N2O. The zero-order valence-electron chi connectivity index (χ0n) is 10.3. The van der Waals surface area contributed by atoms with E-state index in [2.05, 4.69) is 10.2 Å². The Kier molecular flexibility index (Phi) is 3.53. The molecule has 19 heavy (non-hydrogen) atoms. The van der Waals surface area contributed by atoms with Gasteiger partial charge in [-0.2, -0.15) is 10.2 Å². The SMILES string of the molecule is Cc1cc(C(O)c2ccc(F)c(F)c2F)c(C)nn1. The van der Waals surface area contributed by atoms with Crippen LogP contribution < -0.4 is 0 Å². The predicted molar refractivity (Wildman–Crippen MR) is 61.9 cm³/mol. The van der Waals surface area contributed by atoms with Crippen molar-refractivity contribution >= 4 is 0 Å². The molecule has 1 atom stereocenters. The highest BCUT2D eigenvalue weighted by atomic mass is 19.2. The van der Waals surface area contributed by atoms with Crippen LogP contribution in [0.15, 0.2) is 18.2 Å². The van der Waals surface area contributed by atoms with E-state index >= 15 is 0 Å². The molecule has 0 spiro atoms. The van der Waals surface area contributed by atoms with Gasteiger partial charge in [0.2, 0.25) is 0 Å². The van der Waals surface area contributed by atoms with Crippen LogP contribution in [0.1, 0.15) is 28.6 Å². The van der Waals surface area contributed by atoms with Gasteiger partial charge in [-0.25, -0.2) is 13.2 Å². The molecule has 1 heterocycles. The van der Waals surface area contributed by atoms with Crippen LogP contribution in [0.25, 0.3) is 0 Å². The van der Waals surface area contributed by atoms with Crippen molar-refractivity contribution in [2.45, 2.75) is 20.0 Å². The maximum absolute atomic E-state index is 13.6. The van der Waals surface area contributed by atoms with Crippen LogP contribution in [-0.4, -0.2) is 15.3 Å². The topological polar surface area (TPSA) is 46.0 Å². The van der Waals surface area contributed by atoms with Gasteiger partial charge in [-0.1, -0.05) is 6.07 Å². The Morgan fingerprint density at radius 2 is 1.68 bits per heavy atom. The summed E-state index contributed by atoms with van der Waals surface area (Å²) in [6.45, 7) is 3.24. The third-order valence-electron chi connectivity index (χ3n) is 2.79. The van der Waals surface area contributed by atoms with Crippen LogP contribution in [-0.2, 0) is 0 Å². The second-order valence-corrected chi connectivity index (χ2v) is 4.19. The zero-order valence-corrected chi connectivity index (χ0v) is 10.3. The fraction of sp³-hybridized carbons (Fsp3) is 0.231. The van der Waals surface area contributed by atoms with Gasteiger partial charge in [0.1, 0.15) is 6.10 Å². The molecule has 0 saturated heterocycles. The van der Waals surface area contributed by atoms with E-state index in [1.54, 1.807) is 13.8 Å². The molecule has 2 rings (SSSR count). The lowest BCUT2D eigenvalue weighted by Gasteiger charge is -2.14. The first kappa shape index (κ1) is 13.5. The molecular weight excluding hydrogens is 257 g/mol. The normalized spacial score (nSPS) is 12.5. The Morgan fingerprint density at radius 1 is 1.00 bits per heavy atom. The first-order valence-corrected chi connectivity index (χ1v) is 5.54. The van der Waals surface area contributed by atoms with Crippen LogP contribution in [0.5, 0.6) is 0 Å². The van der Waals surface area contributed by atoms with E-state index in [0.717, 1.165) is 12.1 Å². The second-order valence-electron chi connectivity index (χ2n) is 4.19. The summed E-state index contributed by atoms with van der Waals surface area (Å²) in [5, 5.41) is 17.7. The molecule has 1 aromatic heterocycles. The van der Waals surface area contributed by atoms with Crippen molar-refractivity contribution in [1.29, 1.82) is 0 Å². The van der Waals surface area contributed by atoms with E-state index in [9.17, 15) is 18.3 Å². The number of aliphatic hydroxyl groups is 1. The average molecular weight is 268 g/mol. The van der Waals surface area contributed by atoms with Gasteiger partial charge >= 0.3 is 0 Å². The minimum absolute atomic E-state index is 0.303.